The Labute approximate surface area is 195 Å². The van der Waals surface area contributed by atoms with E-state index in [2.05, 4.69) is 5.16 Å². The zero-order chi connectivity index (χ0) is 22.7. The third-order valence-electron chi connectivity index (χ3n) is 5.49. The molecule has 8 heteroatoms. The lowest BCUT2D eigenvalue weighted by Gasteiger charge is -2.20. The molecule has 3 aromatic rings. The molecule has 3 heterocycles. The summed E-state index contributed by atoms with van der Waals surface area (Å²) in [5.74, 6) is 1.29. The Morgan fingerprint density at radius 1 is 1.25 bits per heavy atom. The van der Waals surface area contributed by atoms with E-state index in [1.54, 1.807) is 18.4 Å². The summed E-state index contributed by atoms with van der Waals surface area (Å²) < 4.78 is 5.98. The first-order valence-electron chi connectivity index (χ1n) is 10.3. The second-order valence-electron chi connectivity index (χ2n) is 8.14. The standard InChI is InChI=1S/C24H24ClN3O3S/c1-24(12-11-20(29)21-9-10-22(25)32-21)14-19(27-31-24)16-5-7-17(8-6-16)23(26)28(2)15-18-4-3-13-30-18/h3-10,13,26H,11-12,14-15H2,1-2H3. The van der Waals surface area contributed by atoms with Crippen LogP contribution < -0.4 is 0 Å². The van der Waals surface area contributed by atoms with Crippen molar-refractivity contribution in [2.45, 2.75) is 38.3 Å². The quantitative estimate of drug-likeness (QED) is 0.249. The smallest absolute Gasteiger partial charge is 0.172 e. The molecule has 32 heavy (non-hydrogen) atoms. The van der Waals surface area contributed by atoms with Crippen molar-refractivity contribution in [1.29, 1.82) is 5.41 Å². The molecular weight excluding hydrogens is 446 g/mol. The average molecular weight is 470 g/mol. The Balaban J connectivity index is 1.33. The van der Waals surface area contributed by atoms with Gasteiger partial charge >= 0.3 is 0 Å². The van der Waals surface area contributed by atoms with Crippen molar-refractivity contribution in [3.8, 4) is 0 Å². The molecule has 0 spiro atoms. The minimum absolute atomic E-state index is 0.0710. The van der Waals surface area contributed by atoms with E-state index >= 15 is 0 Å². The van der Waals surface area contributed by atoms with Gasteiger partial charge in [0.05, 0.1) is 27.7 Å². The summed E-state index contributed by atoms with van der Waals surface area (Å²) in [6, 6.07) is 15.0. The first-order valence-corrected chi connectivity index (χ1v) is 11.5. The lowest BCUT2D eigenvalue weighted by molar-refractivity contribution is -0.0103. The molecule has 0 bridgehead atoms. The van der Waals surface area contributed by atoms with E-state index in [4.69, 9.17) is 26.3 Å². The highest BCUT2D eigenvalue weighted by Gasteiger charge is 2.35. The first-order chi connectivity index (χ1) is 15.3. The number of thiophene rings is 1. The maximum atomic E-state index is 12.4. The van der Waals surface area contributed by atoms with E-state index in [0.29, 0.717) is 40.9 Å². The van der Waals surface area contributed by atoms with Gasteiger partial charge in [-0.2, -0.15) is 0 Å². The number of Topliss-reactive ketones (excluding diaryl/α,β-unsaturated/α-hetero) is 1. The van der Waals surface area contributed by atoms with Gasteiger partial charge < -0.3 is 14.2 Å². The van der Waals surface area contributed by atoms with Crippen LogP contribution in [0.4, 0.5) is 0 Å². The normalized spacial score (nSPS) is 17.7. The lowest BCUT2D eigenvalue weighted by Crippen LogP contribution is -2.26. The van der Waals surface area contributed by atoms with Crippen molar-refractivity contribution in [3.05, 3.63) is 80.9 Å². The predicted octanol–water partition coefficient (Wildman–Crippen LogP) is 6.00. The van der Waals surface area contributed by atoms with Gasteiger partial charge in [0.1, 0.15) is 17.2 Å². The number of amidine groups is 1. The van der Waals surface area contributed by atoms with Crippen molar-refractivity contribution >= 4 is 40.3 Å². The fourth-order valence-electron chi connectivity index (χ4n) is 3.59. The van der Waals surface area contributed by atoms with Gasteiger partial charge in [-0.15, -0.1) is 11.3 Å². The van der Waals surface area contributed by atoms with E-state index in [0.717, 1.165) is 22.6 Å². The molecule has 1 unspecified atom stereocenters. The lowest BCUT2D eigenvalue weighted by atomic mass is 9.90. The van der Waals surface area contributed by atoms with Gasteiger partial charge in [0.15, 0.2) is 5.78 Å². The number of benzene rings is 1. The summed E-state index contributed by atoms with van der Waals surface area (Å²) >= 11 is 7.23. The van der Waals surface area contributed by atoms with E-state index < -0.39 is 5.60 Å². The predicted molar refractivity (Wildman–Crippen MR) is 127 cm³/mol. The summed E-state index contributed by atoms with van der Waals surface area (Å²) in [5.41, 5.74) is 2.10. The van der Waals surface area contributed by atoms with E-state index in [-0.39, 0.29) is 5.78 Å². The number of carbonyl (C=O) groups is 1. The van der Waals surface area contributed by atoms with Gasteiger partial charge in [0.2, 0.25) is 0 Å². The van der Waals surface area contributed by atoms with Crippen LogP contribution in [0.25, 0.3) is 0 Å². The second-order valence-corrected chi connectivity index (χ2v) is 9.86. The number of ketones is 1. The number of oxime groups is 1. The molecule has 0 fully saturated rings. The minimum atomic E-state index is -0.513. The molecule has 0 saturated heterocycles. The van der Waals surface area contributed by atoms with Crippen LogP contribution in [0.1, 0.15) is 52.7 Å². The number of halogens is 1. The summed E-state index contributed by atoms with van der Waals surface area (Å²) in [6.07, 6.45) is 3.22. The van der Waals surface area contributed by atoms with Crippen molar-refractivity contribution < 1.29 is 14.0 Å². The number of hydrogen-bond donors (Lipinski definition) is 1. The van der Waals surface area contributed by atoms with Gasteiger partial charge in [-0.05, 0) is 43.2 Å². The fourth-order valence-corrected chi connectivity index (χ4v) is 4.60. The third-order valence-corrected chi connectivity index (χ3v) is 6.77. The Morgan fingerprint density at radius 2 is 2.03 bits per heavy atom. The summed E-state index contributed by atoms with van der Waals surface area (Å²) in [7, 11) is 1.87. The highest BCUT2D eigenvalue weighted by molar-refractivity contribution is 7.18. The fraction of sp³-hybridized carbons (Fsp3) is 0.292. The highest BCUT2D eigenvalue weighted by atomic mass is 35.5. The SMILES string of the molecule is CN(Cc1ccco1)C(=N)c1ccc(C2=NOC(C)(CCC(=O)c3ccc(Cl)s3)C2)cc1. The van der Waals surface area contributed by atoms with Crippen LogP contribution in [0.3, 0.4) is 0 Å². The van der Waals surface area contributed by atoms with Crippen LogP contribution in [0.15, 0.2) is 64.4 Å². The zero-order valence-corrected chi connectivity index (χ0v) is 19.5. The third kappa shape index (κ3) is 5.11. The molecular formula is C24H24ClN3O3S. The van der Waals surface area contributed by atoms with Crippen molar-refractivity contribution in [1.82, 2.24) is 4.90 Å². The van der Waals surface area contributed by atoms with Crippen LogP contribution in [-0.4, -0.2) is 34.9 Å². The monoisotopic (exact) mass is 469 g/mol. The summed E-state index contributed by atoms with van der Waals surface area (Å²) in [6.45, 7) is 2.51. The Morgan fingerprint density at radius 3 is 2.69 bits per heavy atom. The maximum absolute atomic E-state index is 12.4. The molecule has 1 atom stereocenters. The first kappa shape index (κ1) is 22.3. The van der Waals surface area contributed by atoms with E-state index in [1.165, 1.54) is 11.3 Å². The van der Waals surface area contributed by atoms with Gasteiger partial charge in [0.25, 0.3) is 0 Å². The molecule has 0 aliphatic carbocycles. The summed E-state index contributed by atoms with van der Waals surface area (Å²) in [5, 5.41) is 12.7. The number of rotatable bonds is 8. The second kappa shape index (κ2) is 9.30. The highest BCUT2D eigenvalue weighted by Crippen LogP contribution is 2.32. The molecule has 2 aromatic heterocycles. The van der Waals surface area contributed by atoms with Crippen molar-refractivity contribution in [2.75, 3.05) is 7.05 Å². The Bertz CT molecular complexity index is 1140. The molecule has 1 aliphatic rings. The number of nitrogens with one attached hydrogen (secondary N) is 1. The molecule has 6 nitrogen and oxygen atoms in total. The molecule has 4 rings (SSSR count). The molecule has 166 valence electrons. The summed E-state index contributed by atoms with van der Waals surface area (Å²) in [4.78, 5) is 20.6. The Hall–Kier alpha value is -2.90. The topological polar surface area (TPSA) is 78.9 Å². The van der Waals surface area contributed by atoms with Gasteiger partial charge in [-0.3, -0.25) is 10.2 Å². The molecule has 1 N–H and O–H groups in total. The minimum Gasteiger partial charge on any atom is -0.467 e. The van der Waals surface area contributed by atoms with Crippen LogP contribution >= 0.6 is 22.9 Å². The van der Waals surface area contributed by atoms with Crippen molar-refractivity contribution in [2.24, 2.45) is 5.16 Å². The number of carbonyl (C=O) groups excluding carboxylic acids is 1. The number of hydrogen-bond acceptors (Lipinski definition) is 6. The van der Waals surface area contributed by atoms with Gasteiger partial charge in [-0.1, -0.05) is 41.0 Å². The van der Waals surface area contributed by atoms with Crippen LogP contribution in [0, 0.1) is 5.41 Å². The molecule has 1 aromatic carbocycles. The van der Waals surface area contributed by atoms with Crippen molar-refractivity contribution in [3.63, 3.8) is 0 Å². The number of nitrogens with zero attached hydrogens (tertiary/aromatic N) is 2. The molecule has 0 amide bonds. The van der Waals surface area contributed by atoms with Crippen LogP contribution in [-0.2, 0) is 11.4 Å². The molecule has 1 aliphatic heterocycles. The van der Waals surface area contributed by atoms with Crippen LogP contribution in [0.2, 0.25) is 4.34 Å². The zero-order valence-electron chi connectivity index (χ0n) is 17.9. The van der Waals surface area contributed by atoms with E-state index in [1.807, 2.05) is 55.3 Å². The molecule has 0 saturated carbocycles. The van der Waals surface area contributed by atoms with Gasteiger partial charge in [-0.25, -0.2) is 0 Å². The Kier molecular flexibility index (Phi) is 6.48. The van der Waals surface area contributed by atoms with Crippen LogP contribution in [0.5, 0.6) is 0 Å². The van der Waals surface area contributed by atoms with Gasteiger partial charge in [0, 0.05) is 25.5 Å². The largest absolute Gasteiger partial charge is 0.467 e. The van der Waals surface area contributed by atoms with E-state index in [9.17, 15) is 4.79 Å². The molecule has 0 radical (unpaired) electrons. The average Bonchev–Trinajstić information content (AvgIpc) is 3.54. The maximum Gasteiger partial charge on any atom is 0.172 e. The number of furan rings is 1.